The molecule has 19 heteroatoms. The zero-order valence-corrected chi connectivity index (χ0v) is 24.6. The van der Waals surface area contributed by atoms with E-state index in [0.29, 0.717) is 24.3 Å². The van der Waals surface area contributed by atoms with Crippen molar-refractivity contribution in [2.75, 3.05) is 33.0 Å². The van der Waals surface area contributed by atoms with Crippen LogP contribution in [0, 0.1) is 0 Å². The largest absolute Gasteiger partial charge is 0.460 e. The second-order valence-corrected chi connectivity index (χ2v) is 9.78. The lowest BCUT2D eigenvalue weighted by molar-refractivity contribution is -0.315. The van der Waals surface area contributed by atoms with E-state index >= 15 is 0 Å². The molecule has 0 fully saturated rings. The average Bonchev–Trinajstić information content (AvgIpc) is 2.98. The van der Waals surface area contributed by atoms with Crippen LogP contribution in [-0.2, 0) is 47.7 Å². The molecule has 2 amide bonds. The fourth-order valence-corrected chi connectivity index (χ4v) is 2.88. The van der Waals surface area contributed by atoms with Crippen LogP contribution in [0.25, 0.3) is 0 Å². The van der Waals surface area contributed by atoms with Crippen LogP contribution in [0.1, 0.15) is 20.3 Å². The zero-order valence-electron chi connectivity index (χ0n) is 24.6. The van der Waals surface area contributed by atoms with Crippen molar-refractivity contribution in [1.82, 2.24) is 10.6 Å². The maximum Gasteiger partial charge on any atom is 0.408 e. The number of halogens is 6. The van der Waals surface area contributed by atoms with Gasteiger partial charge in [-0.15, -0.1) is 0 Å². The van der Waals surface area contributed by atoms with Crippen LogP contribution >= 0.6 is 0 Å². The number of alkyl halides is 6. The molecule has 0 saturated heterocycles. The molecular weight excluding hydrogens is 642 g/mol. The van der Waals surface area contributed by atoms with E-state index in [-0.39, 0.29) is 0 Å². The Hall–Kier alpha value is -4.84. The fraction of sp³-hybridized carbons (Fsp3) is 0.481. The predicted molar refractivity (Wildman–Crippen MR) is 144 cm³/mol. The minimum absolute atomic E-state index is 0.673. The molecule has 0 aromatic rings. The molecule has 0 unspecified atom stereocenters. The first-order valence-electron chi connectivity index (χ1n) is 12.6. The van der Waals surface area contributed by atoms with Crippen molar-refractivity contribution >= 4 is 35.9 Å². The van der Waals surface area contributed by atoms with Gasteiger partial charge < -0.3 is 34.3 Å². The zero-order chi connectivity index (χ0) is 36.0. The third kappa shape index (κ3) is 13.0. The number of rotatable bonds is 20. The molecule has 0 aliphatic rings. The van der Waals surface area contributed by atoms with Gasteiger partial charge in [0.2, 0.25) is 5.91 Å². The summed E-state index contributed by atoms with van der Waals surface area (Å²) in [5.41, 5.74) is -3.93. The van der Waals surface area contributed by atoms with E-state index in [1.165, 1.54) is 0 Å². The SMILES string of the molecule is C=CC(=O)OCC(C)(COC(=O)C=C)NC(=O)CC(F)(F)C(F)(F)C(F)(F)COC(=O)NC(C)(COC(=O)C=C)COC(=O)C=C. The van der Waals surface area contributed by atoms with Gasteiger partial charge in [0.05, 0.1) is 6.42 Å². The van der Waals surface area contributed by atoms with Gasteiger partial charge in [-0.2, -0.15) is 26.3 Å². The number of carbonyl (C=O) groups is 6. The average molecular weight is 675 g/mol. The van der Waals surface area contributed by atoms with Crippen molar-refractivity contribution < 1.29 is 78.8 Å². The standard InChI is InChI=1S/C27H32F6N2O11/c1-7-18(37)42-12-23(5,13-43-19(38)8-2)34-17(36)11-25(28,29)27(32,33)26(30,31)16-46-22(41)35-24(6,14-44-20(39)9-3)15-45-21(40)10-4/h7-10H,1-4,11-16H2,5-6H3,(H,34,36)(H,35,41). The molecule has 2 N–H and O–H groups in total. The second-order valence-electron chi connectivity index (χ2n) is 9.78. The van der Waals surface area contributed by atoms with E-state index in [0.717, 1.165) is 13.8 Å². The van der Waals surface area contributed by atoms with Crippen molar-refractivity contribution in [1.29, 1.82) is 0 Å². The second kappa shape index (κ2) is 17.0. The Kier molecular flexibility index (Phi) is 15.2. The molecule has 0 spiro atoms. The first-order valence-corrected chi connectivity index (χ1v) is 12.6. The van der Waals surface area contributed by atoms with Crippen LogP contribution in [0.4, 0.5) is 31.1 Å². The molecule has 0 aliphatic carbocycles. The van der Waals surface area contributed by atoms with Gasteiger partial charge in [0.15, 0.2) is 6.61 Å². The minimum Gasteiger partial charge on any atom is -0.460 e. The number of esters is 4. The first-order chi connectivity index (χ1) is 21.0. The number of amides is 2. The van der Waals surface area contributed by atoms with Crippen molar-refractivity contribution in [3.05, 3.63) is 50.6 Å². The lowest BCUT2D eigenvalue weighted by atomic mass is 10.00. The van der Waals surface area contributed by atoms with E-state index in [1.807, 2.05) is 5.32 Å². The monoisotopic (exact) mass is 674 g/mol. The topological polar surface area (TPSA) is 173 Å². The van der Waals surface area contributed by atoms with Crippen LogP contribution in [0.5, 0.6) is 0 Å². The summed E-state index contributed by atoms with van der Waals surface area (Å²) in [7, 11) is 0. The fourth-order valence-electron chi connectivity index (χ4n) is 2.88. The molecule has 0 saturated carbocycles. The number of carbonyl (C=O) groups excluding carboxylic acids is 6. The van der Waals surface area contributed by atoms with Gasteiger partial charge in [0.1, 0.15) is 37.5 Å². The molecule has 0 atom stereocenters. The van der Waals surface area contributed by atoms with E-state index in [4.69, 9.17) is 9.47 Å². The van der Waals surface area contributed by atoms with Crippen LogP contribution in [0.3, 0.4) is 0 Å². The summed E-state index contributed by atoms with van der Waals surface area (Å²) in [5.74, 6) is -24.1. The smallest absolute Gasteiger partial charge is 0.408 e. The Morgan fingerprint density at radius 2 is 0.870 bits per heavy atom. The number of ether oxygens (including phenoxy) is 5. The molecule has 0 rings (SSSR count). The lowest BCUT2D eigenvalue weighted by Crippen LogP contribution is -2.60. The molecule has 0 aliphatic heterocycles. The van der Waals surface area contributed by atoms with Gasteiger partial charge in [-0.3, -0.25) is 4.79 Å². The van der Waals surface area contributed by atoms with Crippen LogP contribution < -0.4 is 10.6 Å². The molecule has 0 aromatic heterocycles. The number of hydrogen-bond donors (Lipinski definition) is 2. The highest BCUT2D eigenvalue weighted by atomic mass is 19.3. The highest BCUT2D eigenvalue weighted by molar-refractivity contribution is 5.83. The molecule has 258 valence electrons. The van der Waals surface area contributed by atoms with Gasteiger partial charge in [-0.25, -0.2) is 24.0 Å². The normalized spacial score (nSPS) is 12.0. The third-order valence-corrected chi connectivity index (χ3v) is 5.33. The summed E-state index contributed by atoms with van der Waals surface area (Å²) < 4.78 is 110. The molecular formula is C27H32F6N2O11. The van der Waals surface area contributed by atoms with E-state index in [1.54, 1.807) is 5.32 Å². The van der Waals surface area contributed by atoms with Crippen LogP contribution in [-0.4, -0.2) is 97.8 Å². The molecule has 0 bridgehead atoms. The maximum absolute atomic E-state index is 14.5. The highest BCUT2D eigenvalue weighted by Gasteiger charge is 2.72. The minimum atomic E-state index is -6.32. The summed E-state index contributed by atoms with van der Waals surface area (Å²) in [6.07, 6.45) is -1.73. The van der Waals surface area contributed by atoms with E-state index in [2.05, 4.69) is 40.5 Å². The van der Waals surface area contributed by atoms with Gasteiger partial charge in [0, 0.05) is 24.3 Å². The van der Waals surface area contributed by atoms with Gasteiger partial charge >= 0.3 is 47.7 Å². The quantitative estimate of drug-likeness (QED) is 0.0842. The molecule has 0 radical (unpaired) electrons. The van der Waals surface area contributed by atoms with Gasteiger partial charge in [-0.05, 0) is 13.8 Å². The Bertz CT molecular complexity index is 1160. The van der Waals surface area contributed by atoms with Crippen LogP contribution in [0.2, 0.25) is 0 Å². The Balaban J connectivity index is 5.70. The van der Waals surface area contributed by atoms with Crippen LogP contribution in [0.15, 0.2) is 50.6 Å². The van der Waals surface area contributed by atoms with Gasteiger partial charge in [-0.1, -0.05) is 26.3 Å². The van der Waals surface area contributed by atoms with Crippen molar-refractivity contribution in [3.63, 3.8) is 0 Å². The third-order valence-electron chi connectivity index (χ3n) is 5.33. The summed E-state index contributed by atoms with van der Waals surface area (Å²) >= 11 is 0. The summed E-state index contributed by atoms with van der Waals surface area (Å²) in [5, 5.41) is 3.58. The number of hydrogen-bond acceptors (Lipinski definition) is 11. The Morgan fingerprint density at radius 3 is 1.20 bits per heavy atom. The predicted octanol–water partition coefficient (Wildman–Crippen LogP) is 2.56. The summed E-state index contributed by atoms with van der Waals surface area (Å²) in [6.45, 7) is 8.47. The maximum atomic E-state index is 14.5. The number of nitrogens with one attached hydrogen (secondary N) is 2. The Morgan fingerprint density at radius 1 is 0.543 bits per heavy atom. The molecule has 46 heavy (non-hydrogen) atoms. The van der Waals surface area contributed by atoms with Crippen molar-refractivity contribution in [2.45, 2.75) is 49.1 Å². The molecule has 0 aromatic carbocycles. The first kappa shape index (κ1) is 41.2. The summed E-state index contributed by atoms with van der Waals surface area (Å²) in [6, 6.07) is 0. The van der Waals surface area contributed by atoms with Crippen molar-refractivity contribution in [2.24, 2.45) is 0 Å². The number of alkyl carbamates (subject to hydrolysis) is 1. The summed E-state index contributed by atoms with van der Waals surface area (Å²) in [4.78, 5) is 69.9. The van der Waals surface area contributed by atoms with Gasteiger partial charge in [0.25, 0.3) is 0 Å². The van der Waals surface area contributed by atoms with E-state index in [9.17, 15) is 55.1 Å². The van der Waals surface area contributed by atoms with E-state index < -0.39 is 104 Å². The molecule has 13 nitrogen and oxygen atoms in total. The Labute approximate surface area is 258 Å². The lowest BCUT2D eigenvalue weighted by Gasteiger charge is -2.34. The molecule has 0 heterocycles. The van der Waals surface area contributed by atoms with Crippen molar-refractivity contribution in [3.8, 4) is 0 Å². The highest BCUT2D eigenvalue weighted by Crippen LogP contribution is 2.47.